The lowest BCUT2D eigenvalue weighted by Gasteiger charge is -2.60. The normalized spacial score (nSPS) is 40.3. The highest BCUT2D eigenvalue weighted by Crippen LogP contribution is 2.51. The smallest absolute Gasteiger partial charge is 0.0684 e. The fraction of sp³-hybridized carbons (Fsp3) is 1.00. The van der Waals surface area contributed by atoms with Gasteiger partial charge in [-0.05, 0) is 31.1 Å². The van der Waals surface area contributed by atoms with Crippen LogP contribution in [0.15, 0.2) is 0 Å². The zero-order chi connectivity index (χ0) is 13.5. The fourth-order valence-electron chi connectivity index (χ4n) is 4.33. The molecule has 0 radical (unpaired) electrons. The van der Waals surface area contributed by atoms with Crippen LogP contribution in [0.4, 0.5) is 0 Å². The molecule has 1 saturated carbocycles. The Bertz CT molecular complexity index is 323. The molecule has 3 unspecified atom stereocenters. The lowest BCUT2D eigenvalue weighted by molar-refractivity contribution is -0.194. The Morgan fingerprint density at radius 2 is 1.84 bits per heavy atom. The molecule has 0 aromatic carbocycles. The highest BCUT2D eigenvalue weighted by atomic mass is 16.5. The monoisotopic (exact) mass is 267 g/mol. The van der Waals surface area contributed by atoms with Crippen LogP contribution >= 0.6 is 0 Å². The largest absolute Gasteiger partial charge is 0.381 e. The van der Waals surface area contributed by atoms with Crippen LogP contribution in [0.2, 0.25) is 0 Å². The Kier molecular flexibility index (Phi) is 3.65. The Labute approximate surface area is 117 Å². The molecule has 0 bridgehead atoms. The van der Waals surface area contributed by atoms with E-state index >= 15 is 0 Å². The standard InChI is InChI=1S/C16H29NO2/c1-15(2)13(12-5-4-8-19-14(12)15)17-11-16(3)6-9-18-10-7-16/h12-14,17H,4-11H2,1-3H3. The summed E-state index contributed by atoms with van der Waals surface area (Å²) >= 11 is 0. The lowest BCUT2D eigenvalue weighted by atomic mass is 9.55. The van der Waals surface area contributed by atoms with Crippen molar-refractivity contribution < 1.29 is 9.47 Å². The number of rotatable bonds is 3. The van der Waals surface area contributed by atoms with Gasteiger partial charge in [0.1, 0.15) is 0 Å². The third-order valence-electron chi connectivity index (χ3n) is 5.78. The van der Waals surface area contributed by atoms with Gasteiger partial charge in [0, 0.05) is 43.7 Å². The van der Waals surface area contributed by atoms with E-state index in [0.717, 1.165) is 32.3 Å². The van der Waals surface area contributed by atoms with E-state index in [1.165, 1.54) is 25.7 Å². The van der Waals surface area contributed by atoms with Gasteiger partial charge in [-0.15, -0.1) is 0 Å². The van der Waals surface area contributed by atoms with Gasteiger partial charge >= 0.3 is 0 Å². The summed E-state index contributed by atoms with van der Waals surface area (Å²) in [6.45, 7) is 11.1. The average Bonchev–Trinajstić information content (AvgIpc) is 2.39. The van der Waals surface area contributed by atoms with E-state index in [4.69, 9.17) is 9.47 Å². The minimum absolute atomic E-state index is 0.298. The fourth-order valence-corrected chi connectivity index (χ4v) is 4.33. The van der Waals surface area contributed by atoms with E-state index in [1.807, 2.05) is 0 Å². The Hall–Kier alpha value is -0.120. The van der Waals surface area contributed by atoms with Crippen molar-refractivity contribution in [3.63, 3.8) is 0 Å². The quantitative estimate of drug-likeness (QED) is 0.852. The molecule has 3 atom stereocenters. The van der Waals surface area contributed by atoms with Gasteiger partial charge in [-0.2, -0.15) is 0 Å². The second-order valence-electron chi connectivity index (χ2n) is 7.70. The summed E-state index contributed by atoms with van der Waals surface area (Å²) in [5.41, 5.74) is 0.724. The lowest BCUT2D eigenvalue weighted by Crippen LogP contribution is -2.70. The minimum atomic E-state index is 0.298. The van der Waals surface area contributed by atoms with E-state index in [2.05, 4.69) is 26.1 Å². The van der Waals surface area contributed by atoms with Gasteiger partial charge in [0.15, 0.2) is 0 Å². The second-order valence-corrected chi connectivity index (χ2v) is 7.70. The van der Waals surface area contributed by atoms with E-state index in [0.29, 0.717) is 23.0 Å². The van der Waals surface area contributed by atoms with Gasteiger partial charge in [-0.1, -0.05) is 20.8 Å². The van der Waals surface area contributed by atoms with Crippen LogP contribution in [0.3, 0.4) is 0 Å². The van der Waals surface area contributed by atoms with Crippen LogP contribution in [-0.2, 0) is 9.47 Å². The molecule has 3 heteroatoms. The number of nitrogens with one attached hydrogen (secondary N) is 1. The number of hydrogen-bond donors (Lipinski definition) is 1. The highest BCUT2D eigenvalue weighted by Gasteiger charge is 2.57. The predicted molar refractivity (Wildman–Crippen MR) is 76.2 cm³/mol. The Morgan fingerprint density at radius 1 is 1.11 bits per heavy atom. The first-order valence-corrected chi connectivity index (χ1v) is 7.96. The predicted octanol–water partition coefficient (Wildman–Crippen LogP) is 2.60. The van der Waals surface area contributed by atoms with Crippen molar-refractivity contribution in [3.8, 4) is 0 Å². The topological polar surface area (TPSA) is 30.5 Å². The van der Waals surface area contributed by atoms with E-state index in [-0.39, 0.29) is 0 Å². The van der Waals surface area contributed by atoms with Crippen molar-refractivity contribution in [1.82, 2.24) is 5.32 Å². The van der Waals surface area contributed by atoms with Crippen molar-refractivity contribution in [3.05, 3.63) is 0 Å². The summed E-state index contributed by atoms with van der Waals surface area (Å²) < 4.78 is 11.5. The van der Waals surface area contributed by atoms with E-state index in [1.54, 1.807) is 0 Å². The summed E-state index contributed by atoms with van der Waals surface area (Å²) in [5, 5.41) is 3.88. The molecule has 0 spiro atoms. The summed E-state index contributed by atoms with van der Waals surface area (Å²) in [6.07, 6.45) is 5.45. The number of fused-ring (bicyclic) bond motifs is 1. The SMILES string of the molecule is CC1(CNC2C3CCCOC3C2(C)C)CCOCC1. The first kappa shape index (κ1) is 13.8. The molecule has 3 fully saturated rings. The molecule has 0 aromatic heterocycles. The molecule has 2 heterocycles. The third kappa shape index (κ3) is 2.45. The van der Waals surface area contributed by atoms with Crippen molar-refractivity contribution >= 4 is 0 Å². The summed E-state index contributed by atoms with van der Waals surface area (Å²) in [4.78, 5) is 0. The number of ether oxygens (including phenoxy) is 2. The van der Waals surface area contributed by atoms with Crippen LogP contribution in [0.25, 0.3) is 0 Å². The number of hydrogen-bond acceptors (Lipinski definition) is 3. The van der Waals surface area contributed by atoms with Crippen LogP contribution in [-0.4, -0.2) is 38.5 Å². The first-order chi connectivity index (χ1) is 9.03. The Balaban J connectivity index is 1.57. The molecule has 0 aromatic rings. The molecule has 3 aliphatic rings. The first-order valence-electron chi connectivity index (χ1n) is 7.96. The minimum Gasteiger partial charge on any atom is -0.381 e. The molecular weight excluding hydrogens is 238 g/mol. The van der Waals surface area contributed by atoms with Crippen LogP contribution in [0.1, 0.15) is 46.5 Å². The Morgan fingerprint density at radius 3 is 2.58 bits per heavy atom. The van der Waals surface area contributed by atoms with Gasteiger partial charge < -0.3 is 14.8 Å². The zero-order valence-corrected chi connectivity index (χ0v) is 12.7. The maximum Gasteiger partial charge on any atom is 0.0684 e. The summed E-state index contributed by atoms with van der Waals surface area (Å²) in [7, 11) is 0. The molecule has 2 aliphatic heterocycles. The molecule has 1 aliphatic carbocycles. The second kappa shape index (κ2) is 5.01. The van der Waals surface area contributed by atoms with Crippen molar-refractivity contribution in [2.75, 3.05) is 26.4 Å². The van der Waals surface area contributed by atoms with Gasteiger partial charge in [-0.3, -0.25) is 0 Å². The van der Waals surface area contributed by atoms with Gasteiger partial charge in [0.2, 0.25) is 0 Å². The van der Waals surface area contributed by atoms with Crippen molar-refractivity contribution in [1.29, 1.82) is 0 Å². The summed E-state index contributed by atoms with van der Waals surface area (Å²) in [6, 6.07) is 0.637. The van der Waals surface area contributed by atoms with Crippen LogP contribution in [0, 0.1) is 16.7 Å². The van der Waals surface area contributed by atoms with Gasteiger partial charge in [0.05, 0.1) is 6.10 Å². The molecule has 1 N–H and O–H groups in total. The molecule has 3 rings (SSSR count). The zero-order valence-electron chi connectivity index (χ0n) is 12.7. The van der Waals surface area contributed by atoms with E-state index in [9.17, 15) is 0 Å². The third-order valence-corrected chi connectivity index (χ3v) is 5.78. The van der Waals surface area contributed by atoms with Crippen molar-refractivity contribution in [2.45, 2.75) is 58.6 Å². The van der Waals surface area contributed by atoms with Gasteiger partial charge in [-0.25, -0.2) is 0 Å². The summed E-state index contributed by atoms with van der Waals surface area (Å²) in [5.74, 6) is 0.743. The maximum atomic E-state index is 5.98. The van der Waals surface area contributed by atoms with E-state index < -0.39 is 0 Å². The molecular formula is C16H29NO2. The van der Waals surface area contributed by atoms with Crippen LogP contribution in [0.5, 0.6) is 0 Å². The average molecular weight is 267 g/mol. The molecule has 0 amide bonds. The molecule has 2 saturated heterocycles. The molecule has 110 valence electrons. The van der Waals surface area contributed by atoms with Crippen LogP contribution < -0.4 is 5.32 Å². The molecule has 19 heavy (non-hydrogen) atoms. The van der Waals surface area contributed by atoms with Gasteiger partial charge in [0.25, 0.3) is 0 Å². The van der Waals surface area contributed by atoms with Crippen molar-refractivity contribution in [2.24, 2.45) is 16.7 Å². The maximum absolute atomic E-state index is 5.98. The molecule has 3 nitrogen and oxygen atoms in total. The highest BCUT2D eigenvalue weighted by molar-refractivity contribution is 5.10.